The summed E-state index contributed by atoms with van der Waals surface area (Å²) in [5.41, 5.74) is 1.86. The number of aromatic nitrogens is 3. The molecule has 0 saturated carbocycles. The van der Waals surface area contributed by atoms with Gasteiger partial charge >= 0.3 is 0 Å². The third-order valence-electron chi connectivity index (χ3n) is 5.20. The number of aryl methyl sites for hydroxylation is 1. The molecule has 4 rings (SSSR count). The number of sulfone groups is 1. The topological polar surface area (TPSA) is 74.1 Å². The number of nitrogens with zero attached hydrogens (tertiary/aromatic N) is 3. The number of para-hydroxylation sites is 2. The third kappa shape index (κ3) is 6.27. The SMILES string of the molecule is Cc1ccc(S(=O)(=O)Cc2nnc(SCCCCOc3ccccc3)n2-c2ccccc2)cc1. The lowest BCUT2D eigenvalue weighted by molar-refractivity contribution is 0.310. The lowest BCUT2D eigenvalue weighted by atomic mass is 10.2. The Labute approximate surface area is 204 Å². The quantitative estimate of drug-likeness (QED) is 0.203. The van der Waals surface area contributed by atoms with Crippen molar-refractivity contribution in [1.82, 2.24) is 14.8 Å². The number of hydrogen-bond acceptors (Lipinski definition) is 6. The molecular formula is C26H27N3O3S2. The molecule has 3 aromatic carbocycles. The fourth-order valence-corrected chi connectivity index (χ4v) is 5.61. The Morgan fingerprint density at radius 1 is 0.853 bits per heavy atom. The van der Waals surface area contributed by atoms with E-state index in [0.717, 1.165) is 35.6 Å². The average molecular weight is 494 g/mol. The van der Waals surface area contributed by atoms with Gasteiger partial charge in [0.15, 0.2) is 20.8 Å². The number of hydrogen-bond donors (Lipinski definition) is 0. The molecule has 0 aliphatic heterocycles. The first-order valence-corrected chi connectivity index (χ1v) is 13.8. The second kappa shape index (κ2) is 11.4. The maximum absolute atomic E-state index is 13.1. The Kier molecular flexibility index (Phi) is 8.03. The van der Waals surface area contributed by atoms with Crippen molar-refractivity contribution in [2.24, 2.45) is 0 Å². The van der Waals surface area contributed by atoms with Crippen molar-refractivity contribution in [3.8, 4) is 11.4 Å². The first-order valence-electron chi connectivity index (χ1n) is 11.1. The summed E-state index contributed by atoms with van der Waals surface area (Å²) in [5, 5.41) is 9.28. The van der Waals surface area contributed by atoms with Gasteiger partial charge in [0, 0.05) is 11.4 Å². The molecule has 1 aromatic heterocycles. The van der Waals surface area contributed by atoms with Gasteiger partial charge in [0.25, 0.3) is 0 Å². The average Bonchev–Trinajstić information content (AvgIpc) is 3.24. The summed E-state index contributed by atoms with van der Waals surface area (Å²) in [4.78, 5) is 0.285. The lowest BCUT2D eigenvalue weighted by Crippen LogP contribution is -2.11. The zero-order valence-corrected chi connectivity index (χ0v) is 20.6. The lowest BCUT2D eigenvalue weighted by Gasteiger charge is -2.11. The smallest absolute Gasteiger partial charge is 0.195 e. The van der Waals surface area contributed by atoms with E-state index in [1.807, 2.05) is 72.2 Å². The third-order valence-corrected chi connectivity index (χ3v) is 7.84. The minimum Gasteiger partial charge on any atom is -0.494 e. The van der Waals surface area contributed by atoms with E-state index in [2.05, 4.69) is 10.2 Å². The Hall–Kier alpha value is -3.10. The molecule has 0 atom stereocenters. The van der Waals surface area contributed by atoms with Crippen LogP contribution in [0.2, 0.25) is 0 Å². The number of benzene rings is 3. The summed E-state index contributed by atoms with van der Waals surface area (Å²) in [5.74, 6) is 1.89. The van der Waals surface area contributed by atoms with Gasteiger partial charge in [-0.25, -0.2) is 8.42 Å². The van der Waals surface area contributed by atoms with Gasteiger partial charge in [-0.1, -0.05) is 65.9 Å². The zero-order valence-electron chi connectivity index (χ0n) is 19.0. The van der Waals surface area contributed by atoms with Gasteiger partial charge in [-0.2, -0.15) is 0 Å². The summed E-state index contributed by atoms with van der Waals surface area (Å²) < 4.78 is 33.7. The van der Waals surface area contributed by atoms with Crippen LogP contribution in [0.3, 0.4) is 0 Å². The molecule has 0 aliphatic carbocycles. The fourth-order valence-electron chi connectivity index (χ4n) is 3.40. The summed E-state index contributed by atoms with van der Waals surface area (Å²) in [6.07, 6.45) is 1.85. The maximum Gasteiger partial charge on any atom is 0.195 e. The summed E-state index contributed by atoms with van der Waals surface area (Å²) >= 11 is 1.57. The van der Waals surface area contributed by atoms with Crippen molar-refractivity contribution in [2.75, 3.05) is 12.4 Å². The highest BCUT2D eigenvalue weighted by atomic mass is 32.2. The van der Waals surface area contributed by atoms with E-state index in [1.165, 1.54) is 0 Å². The van der Waals surface area contributed by atoms with Crippen LogP contribution in [0.25, 0.3) is 5.69 Å². The molecule has 0 N–H and O–H groups in total. The second-order valence-electron chi connectivity index (χ2n) is 7.86. The van der Waals surface area contributed by atoms with Gasteiger partial charge in [0.2, 0.25) is 0 Å². The van der Waals surface area contributed by atoms with Crippen LogP contribution in [-0.4, -0.2) is 35.5 Å². The van der Waals surface area contributed by atoms with Crippen LogP contribution in [0, 0.1) is 6.92 Å². The van der Waals surface area contributed by atoms with E-state index >= 15 is 0 Å². The van der Waals surface area contributed by atoms with E-state index in [9.17, 15) is 8.42 Å². The molecule has 0 amide bonds. The minimum atomic E-state index is -3.56. The molecule has 0 saturated heterocycles. The molecule has 8 heteroatoms. The van der Waals surface area contributed by atoms with Gasteiger partial charge in [-0.3, -0.25) is 4.57 Å². The van der Waals surface area contributed by atoms with Crippen LogP contribution >= 0.6 is 11.8 Å². The zero-order chi connectivity index (χ0) is 23.8. The Balaban J connectivity index is 1.44. The van der Waals surface area contributed by atoms with E-state index < -0.39 is 9.84 Å². The molecule has 4 aromatic rings. The van der Waals surface area contributed by atoms with Crippen LogP contribution in [0.5, 0.6) is 5.75 Å². The molecule has 176 valence electrons. The normalized spacial score (nSPS) is 11.4. The number of unbranched alkanes of at least 4 members (excludes halogenated alkanes) is 1. The van der Waals surface area contributed by atoms with Crippen LogP contribution in [0.1, 0.15) is 24.2 Å². The number of rotatable bonds is 11. The fraction of sp³-hybridized carbons (Fsp3) is 0.231. The van der Waals surface area contributed by atoms with Crippen molar-refractivity contribution >= 4 is 21.6 Å². The molecule has 1 heterocycles. The summed E-state index contributed by atoms with van der Waals surface area (Å²) in [7, 11) is -3.56. The summed E-state index contributed by atoms with van der Waals surface area (Å²) in [6.45, 7) is 2.58. The molecule has 0 unspecified atom stereocenters. The van der Waals surface area contributed by atoms with Gasteiger partial charge in [0.05, 0.1) is 11.5 Å². The standard InChI is InChI=1S/C26H27N3O3S2/c1-21-14-16-24(17-15-21)34(30,31)20-25-27-28-26(29(25)22-10-4-2-5-11-22)33-19-9-8-18-32-23-12-6-3-7-13-23/h2-7,10-17H,8-9,18-20H2,1H3. The van der Waals surface area contributed by atoms with Crippen LogP contribution < -0.4 is 4.74 Å². The van der Waals surface area contributed by atoms with Crippen molar-refractivity contribution in [2.45, 2.75) is 35.6 Å². The molecule has 0 aliphatic rings. The van der Waals surface area contributed by atoms with E-state index in [-0.39, 0.29) is 10.6 Å². The van der Waals surface area contributed by atoms with Crippen molar-refractivity contribution < 1.29 is 13.2 Å². The monoisotopic (exact) mass is 493 g/mol. The predicted molar refractivity (Wildman–Crippen MR) is 135 cm³/mol. The highest BCUT2D eigenvalue weighted by Gasteiger charge is 2.22. The van der Waals surface area contributed by atoms with Crippen molar-refractivity contribution in [1.29, 1.82) is 0 Å². The van der Waals surface area contributed by atoms with Gasteiger partial charge in [-0.05, 0) is 56.2 Å². The Morgan fingerprint density at radius 3 is 2.24 bits per heavy atom. The van der Waals surface area contributed by atoms with E-state index in [0.29, 0.717) is 17.6 Å². The van der Waals surface area contributed by atoms with E-state index in [1.54, 1.807) is 36.0 Å². The molecule has 0 bridgehead atoms. The van der Waals surface area contributed by atoms with Crippen LogP contribution in [0.4, 0.5) is 0 Å². The predicted octanol–water partition coefficient (Wildman–Crippen LogP) is 5.50. The number of thioether (sulfide) groups is 1. The molecule has 0 radical (unpaired) electrons. The Bertz CT molecular complexity index is 1290. The summed E-state index contributed by atoms with van der Waals surface area (Å²) in [6, 6.07) is 26.3. The molecule has 34 heavy (non-hydrogen) atoms. The molecule has 0 spiro atoms. The van der Waals surface area contributed by atoms with Crippen molar-refractivity contribution in [3.63, 3.8) is 0 Å². The number of ether oxygens (including phenoxy) is 1. The second-order valence-corrected chi connectivity index (χ2v) is 10.9. The first-order chi connectivity index (χ1) is 16.5. The molecule has 0 fully saturated rings. The largest absolute Gasteiger partial charge is 0.494 e. The van der Waals surface area contributed by atoms with Gasteiger partial charge < -0.3 is 4.74 Å². The highest BCUT2D eigenvalue weighted by molar-refractivity contribution is 7.99. The molecule has 6 nitrogen and oxygen atoms in total. The van der Waals surface area contributed by atoms with Crippen molar-refractivity contribution in [3.05, 3.63) is 96.3 Å². The first kappa shape index (κ1) is 24.0. The maximum atomic E-state index is 13.1. The molecular weight excluding hydrogens is 466 g/mol. The van der Waals surface area contributed by atoms with Crippen LogP contribution in [-0.2, 0) is 15.6 Å². The van der Waals surface area contributed by atoms with E-state index in [4.69, 9.17) is 4.74 Å². The van der Waals surface area contributed by atoms with Crippen LogP contribution in [0.15, 0.2) is 95.0 Å². The minimum absolute atomic E-state index is 0.219. The van der Waals surface area contributed by atoms with Gasteiger partial charge in [0.1, 0.15) is 11.5 Å². The highest BCUT2D eigenvalue weighted by Crippen LogP contribution is 2.25. The van der Waals surface area contributed by atoms with Gasteiger partial charge in [-0.15, -0.1) is 10.2 Å². The Morgan fingerprint density at radius 2 is 1.53 bits per heavy atom.